The molecule has 174 valence electrons. The van der Waals surface area contributed by atoms with E-state index in [-0.39, 0.29) is 13.0 Å². The van der Waals surface area contributed by atoms with E-state index >= 15 is 0 Å². The fourth-order valence-corrected chi connectivity index (χ4v) is 3.89. The van der Waals surface area contributed by atoms with Crippen molar-refractivity contribution in [3.63, 3.8) is 0 Å². The van der Waals surface area contributed by atoms with Crippen molar-refractivity contribution in [2.24, 2.45) is 0 Å². The second kappa shape index (κ2) is 9.74. The monoisotopic (exact) mass is 462 g/mol. The zero-order valence-corrected chi connectivity index (χ0v) is 18.7. The van der Waals surface area contributed by atoms with Gasteiger partial charge in [0.15, 0.2) is 0 Å². The van der Waals surface area contributed by atoms with Gasteiger partial charge in [-0.15, -0.1) is 0 Å². The van der Waals surface area contributed by atoms with Gasteiger partial charge in [0.05, 0.1) is 26.3 Å². The van der Waals surface area contributed by atoms with E-state index in [0.29, 0.717) is 28.3 Å². The number of methoxy groups -OCH3 is 2. The first-order chi connectivity index (χ1) is 16.4. The number of amides is 3. The Balaban J connectivity index is 1.68. The van der Waals surface area contributed by atoms with Crippen LogP contribution in [0.4, 0.5) is 10.1 Å². The lowest BCUT2D eigenvalue weighted by atomic mass is 10.1. The van der Waals surface area contributed by atoms with Crippen LogP contribution in [0.1, 0.15) is 22.3 Å². The number of carbonyl (C=O) groups is 3. The summed E-state index contributed by atoms with van der Waals surface area (Å²) in [4.78, 5) is 42.3. The van der Waals surface area contributed by atoms with Gasteiger partial charge in [-0.2, -0.15) is 0 Å². The summed E-state index contributed by atoms with van der Waals surface area (Å²) in [5, 5.41) is 0. The van der Waals surface area contributed by atoms with Gasteiger partial charge < -0.3 is 14.4 Å². The maximum absolute atomic E-state index is 13.5. The second-order valence-corrected chi connectivity index (χ2v) is 7.78. The van der Waals surface area contributed by atoms with E-state index in [0.717, 1.165) is 4.90 Å². The number of nitrogens with zero attached hydrogens (tertiary/aromatic N) is 2. The van der Waals surface area contributed by atoms with E-state index in [1.54, 1.807) is 60.7 Å². The minimum absolute atomic E-state index is 0.0243. The molecule has 4 rings (SSSR count). The van der Waals surface area contributed by atoms with Crippen molar-refractivity contribution in [2.45, 2.75) is 19.0 Å². The molecule has 34 heavy (non-hydrogen) atoms. The molecule has 1 atom stereocenters. The van der Waals surface area contributed by atoms with Crippen LogP contribution in [-0.2, 0) is 16.1 Å². The third-order valence-corrected chi connectivity index (χ3v) is 5.67. The van der Waals surface area contributed by atoms with E-state index in [1.807, 2.05) is 0 Å². The summed E-state index contributed by atoms with van der Waals surface area (Å²) in [5.41, 5.74) is 1.33. The molecule has 1 fully saturated rings. The molecular formula is C26H23FN2O5. The topological polar surface area (TPSA) is 76.2 Å². The summed E-state index contributed by atoms with van der Waals surface area (Å²) in [6, 6.07) is 17.8. The first-order valence-electron chi connectivity index (χ1n) is 10.6. The van der Waals surface area contributed by atoms with Crippen molar-refractivity contribution < 1.29 is 28.2 Å². The van der Waals surface area contributed by atoms with Crippen LogP contribution in [-0.4, -0.2) is 42.9 Å². The van der Waals surface area contributed by atoms with Crippen molar-refractivity contribution in [3.8, 4) is 11.5 Å². The normalized spacial score (nSPS) is 15.4. The molecule has 0 aromatic heterocycles. The van der Waals surface area contributed by atoms with Crippen LogP contribution in [0.15, 0.2) is 72.8 Å². The minimum Gasteiger partial charge on any atom is -0.497 e. The maximum atomic E-state index is 13.5. The molecule has 3 amide bonds. The molecule has 0 radical (unpaired) electrons. The van der Waals surface area contributed by atoms with Crippen LogP contribution in [0, 0.1) is 5.82 Å². The van der Waals surface area contributed by atoms with Gasteiger partial charge in [-0.3, -0.25) is 14.4 Å². The molecule has 1 saturated heterocycles. The van der Waals surface area contributed by atoms with Gasteiger partial charge in [-0.05, 0) is 60.2 Å². The average Bonchev–Trinajstić information content (AvgIpc) is 3.16. The SMILES string of the molecule is COc1ccc(N2C(=O)CC(N(Cc3ccc(F)cc3)C(=O)c3cccc(OC)c3)C2=O)cc1. The maximum Gasteiger partial charge on any atom is 0.257 e. The van der Waals surface area contributed by atoms with Crippen LogP contribution in [0.5, 0.6) is 11.5 Å². The fraction of sp³-hybridized carbons (Fsp3) is 0.192. The Labute approximate surface area is 196 Å². The molecule has 0 spiro atoms. The average molecular weight is 462 g/mol. The Morgan fingerprint density at radius 2 is 1.65 bits per heavy atom. The smallest absolute Gasteiger partial charge is 0.257 e. The number of rotatable bonds is 7. The summed E-state index contributed by atoms with van der Waals surface area (Å²) in [6.07, 6.45) is -0.165. The fourth-order valence-electron chi connectivity index (χ4n) is 3.89. The molecule has 0 N–H and O–H groups in total. The number of halogens is 1. The number of anilines is 1. The Kier molecular flexibility index (Phi) is 6.58. The second-order valence-electron chi connectivity index (χ2n) is 7.78. The molecule has 8 heteroatoms. The number of hydrogen-bond acceptors (Lipinski definition) is 5. The number of carbonyl (C=O) groups excluding carboxylic acids is 3. The largest absolute Gasteiger partial charge is 0.497 e. The molecule has 1 heterocycles. The summed E-state index contributed by atoms with van der Waals surface area (Å²) in [6.45, 7) is 0.0243. The molecule has 1 unspecified atom stereocenters. The first-order valence-corrected chi connectivity index (χ1v) is 10.6. The molecule has 3 aromatic carbocycles. The zero-order valence-electron chi connectivity index (χ0n) is 18.7. The van der Waals surface area contributed by atoms with Crippen LogP contribution < -0.4 is 14.4 Å². The molecule has 7 nitrogen and oxygen atoms in total. The lowest BCUT2D eigenvalue weighted by molar-refractivity contribution is -0.122. The standard InChI is InChI=1S/C26H23FN2O5/c1-33-21-12-10-20(11-13-21)29-24(30)15-23(26(29)32)28(16-17-6-8-19(27)9-7-17)25(31)18-4-3-5-22(14-18)34-2/h3-14,23H,15-16H2,1-2H3. The Bertz CT molecular complexity index is 1210. The van der Waals surface area contributed by atoms with Gasteiger partial charge in [-0.1, -0.05) is 18.2 Å². The van der Waals surface area contributed by atoms with Crippen molar-refractivity contribution in [3.05, 3.63) is 89.7 Å². The lowest BCUT2D eigenvalue weighted by Crippen LogP contribution is -2.45. The van der Waals surface area contributed by atoms with Crippen molar-refractivity contribution >= 4 is 23.4 Å². The van der Waals surface area contributed by atoms with Crippen LogP contribution >= 0.6 is 0 Å². The van der Waals surface area contributed by atoms with Crippen molar-refractivity contribution in [1.29, 1.82) is 0 Å². The molecule has 0 bridgehead atoms. The highest BCUT2D eigenvalue weighted by Crippen LogP contribution is 2.29. The highest BCUT2D eigenvalue weighted by molar-refractivity contribution is 6.23. The number of hydrogen-bond donors (Lipinski definition) is 0. The van der Waals surface area contributed by atoms with Gasteiger partial charge >= 0.3 is 0 Å². The van der Waals surface area contributed by atoms with Crippen LogP contribution in [0.2, 0.25) is 0 Å². The Hall–Kier alpha value is -4.20. The summed E-state index contributed by atoms with van der Waals surface area (Å²) >= 11 is 0. The van der Waals surface area contributed by atoms with Gasteiger partial charge in [0.1, 0.15) is 23.4 Å². The Morgan fingerprint density at radius 1 is 0.971 bits per heavy atom. The summed E-state index contributed by atoms with van der Waals surface area (Å²) in [5.74, 6) is -0.693. The van der Waals surface area contributed by atoms with E-state index in [9.17, 15) is 18.8 Å². The molecule has 0 saturated carbocycles. The summed E-state index contributed by atoms with van der Waals surface area (Å²) in [7, 11) is 3.01. The number of benzene rings is 3. The third kappa shape index (κ3) is 4.61. The third-order valence-electron chi connectivity index (χ3n) is 5.67. The van der Waals surface area contributed by atoms with Crippen molar-refractivity contribution in [1.82, 2.24) is 4.90 Å². The highest BCUT2D eigenvalue weighted by atomic mass is 19.1. The van der Waals surface area contributed by atoms with E-state index in [4.69, 9.17) is 9.47 Å². The van der Waals surface area contributed by atoms with E-state index < -0.39 is 29.6 Å². The van der Waals surface area contributed by atoms with E-state index in [2.05, 4.69) is 0 Å². The van der Waals surface area contributed by atoms with Gasteiger partial charge in [0.25, 0.3) is 11.8 Å². The lowest BCUT2D eigenvalue weighted by Gasteiger charge is -2.28. The predicted molar refractivity (Wildman–Crippen MR) is 123 cm³/mol. The minimum atomic E-state index is -1.02. The molecule has 3 aromatic rings. The highest BCUT2D eigenvalue weighted by Gasteiger charge is 2.44. The zero-order chi connectivity index (χ0) is 24.2. The summed E-state index contributed by atoms with van der Waals surface area (Å²) < 4.78 is 23.8. The first kappa shape index (κ1) is 23.0. The van der Waals surface area contributed by atoms with Gasteiger partial charge in [0, 0.05) is 12.1 Å². The van der Waals surface area contributed by atoms with Crippen molar-refractivity contribution in [2.75, 3.05) is 19.1 Å². The van der Waals surface area contributed by atoms with Gasteiger partial charge in [-0.25, -0.2) is 9.29 Å². The van der Waals surface area contributed by atoms with Gasteiger partial charge in [0.2, 0.25) is 5.91 Å². The van der Waals surface area contributed by atoms with E-state index in [1.165, 1.54) is 31.3 Å². The van der Waals surface area contributed by atoms with Crippen LogP contribution in [0.3, 0.4) is 0 Å². The Morgan fingerprint density at radius 3 is 2.29 bits per heavy atom. The molecular weight excluding hydrogens is 439 g/mol. The van der Waals surface area contributed by atoms with Crippen LogP contribution in [0.25, 0.3) is 0 Å². The molecule has 1 aliphatic rings. The number of imide groups is 1. The number of ether oxygens (including phenoxy) is 2. The quantitative estimate of drug-likeness (QED) is 0.499. The molecule has 0 aliphatic carbocycles. The molecule has 1 aliphatic heterocycles. The predicted octanol–water partition coefficient (Wildman–Crippen LogP) is 3.82.